The largest absolute Gasteiger partial charge is 0.480 e. The quantitative estimate of drug-likeness (QED) is 0.871. The molecule has 0 saturated carbocycles. The van der Waals surface area contributed by atoms with Crippen LogP contribution in [0.1, 0.15) is 43.0 Å². The average molecular weight is 249 g/mol. The van der Waals surface area contributed by atoms with Gasteiger partial charge in [0.05, 0.1) is 0 Å². The lowest BCUT2D eigenvalue weighted by Gasteiger charge is -2.30. The minimum atomic E-state index is -0.754. The van der Waals surface area contributed by atoms with E-state index in [1.165, 1.54) is 16.7 Å². The van der Waals surface area contributed by atoms with Gasteiger partial charge < -0.3 is 5.11 Å². The molecule has 0 aromatic heterocycles. The summed E-state index contributed by atoms with van der Waals surface area (Å²) in [5.41, 5.74) is 3.68. The van der Waals surface area contributed by atoms with Gasteiger partial charge in [0.1, 0.15) is 6.04 Å². The monoisotopic (exact) mass is 249 g/mol. The van der Waals surface area contributed by atoms with Gasteiger partial charge in [0.25, 0.3) is 0 Å². The van der Waals surface area contributed by atoms with Crippen LogP contribution in [0.3, 0.4) is 0 Å². The lowest BCUT2D eigenvalue weighted by molar-refractivity contribution is -0.143. The number of carbonyl (C=O) groups is 1. The summed E-state index contributed by atoms with van der Waals surface area (Å²) in [5, 5.41) is 9.20. The molecule has 0 fully saturated rings. The second-order valence-electron chi connectivity index (χ2n) is 4.95. The van der Waals surface area contributed by atoms with Crippen LogP contribution in [0, 0.1) is 13.8 Å². The second kappa shape index (κ2) is 6.01. The topological polar surface area (TPSA) is 40.5 Å². The summed E-state index contributed by atoms with van der Waals surface area (Å²) in [6.45, 7) is 8.12. The molecule has 100 valence electrons. The van der Waals surface area contributed by atoms with E-state index >= 15 is 0 Å². The van der Waals surface area contributed by atoms with Gasteiger partial charge in [0.15, 0.2) is 0 Å². The normalized spacial score (nSPS) is 14.6. The Balaban J connectivity index is 2.94. The van der Waals surface area contributed by atoms with E-state index in [1.807, 2.05) is 18.9 Å². The molecular weight excluding hydrogens is 226 g/mol. The molecule has 1 aromatic rings. The molecule has 2 atom stereocenters. The van der Waals surface area contributed by atoms with E-state index in [9.17, 15) is 9.90 Å². The van der Waals surface area contributed by atoms with Gasteiger partial charge in [-0.1, -0.05) is 25.1 Å². The van der Waals surface area contributed by atoms with Crippen molar-refractivity contribution in [2.75, 3.05) is 7.05 Å². The number of carboxylic acids is 1. The number of nitrogens with zero attached hydrogens (tertiary/aromatic N) is 1. The number of hydrogen-bond donors (Lipinski definition) is 1. The molecule has 0 bridgehead atoms. The third-order valence-electron chi connectivity index (χ3n) is 3.79. The average Bonchev–Trinajstić information content (AvgIpc) is 2.32. The molecule has 1 aromatic carbocycles. The van der Waals surface area contributed by atoms with Gasteiger partial charge in [0, 0.05) is 6.04 Å². The molecule has 0 aliphatic heterocycles. The van der Waals surface area contributed by atoms with Gasteiger partial charge in [-0.15, -0.1) is 0 Å². The second-order valence-corrected chi connectivity index (χ2v) is 4.95. The van der Waals surface area contributed by atoms with Crippen LogP contribution in [0.4, 0.5) is 0 Å². The molecule has 18 heavy (non-hydrogen) atoms. The van der Waals surface area contributed by atoms with Gasteiger partial charge in [-0.25, -0.2) is 0 Å². The molecule has 3 nitrogen and oxygen atoms in total. The van der Waals surface area contributed by atoms with Crippen molar-refractivity contribution in [1.29, 1.82) is 0 Å². The van der Waals surface area contributed by atoms with Gasteiger partial charge in [-0.2, -0.15) is 0 Å². The van der Waals surface area contributed by atoms with Crippen molar-refractivity contribution in [3.8, 4) is 0 Å². The van der Waals surface area contributed by atoms with Crippen molar-refractivity contribution in [3.63, 3.8) is 0 Å². The fraction of sp³-hybridized carbons (Fsp3) is 0.533. The summed E-state index contributed by atoms with van der Waals surface area (Å²) in [6, 6.07) is 5.99. The van der Waals surface area contributed by atoms with Crippen molar-refractivity contribution in [2.45, 2.75) is 46.2 Å². The number of carboxylic acid groups (broad SMARTS) is 1. The molecule has 0 heterocycles. The number of aliphatic carboxylic acids is 1. The van der Waals surface area contributed by atoms with Gasteiger partial charge in [-0.3, -0.25) is 9.69 Å². The fourth-order valence-corrected chi connectivity index (χ4v) is 2.17. The molecule has 0 aliphatic carbocycles. The predicted octanol–water partition coefficient (Wildman–Crippen LogP) is 3.16. The van der Waals surface area contributed by atoms with Crippen molar-refractivity contribution < 1.29 is 9.90 Å². The minimum absolute atomic E-state index is 0.102. The van der Waals surface area contributed by atoms with Crippen LogP contribution in [0.2, 0.25) is 0 Å². The van der Waals surface area contributed by atoms with Gasteiger partial charge in [-0.05, 0) is 50.9 Å². The van der Waals surface area contributed by atoms with E-state index in [4.69, 9.17) is 0 Å². The Hall–Kier alpha value is -1.35. The van der Waals surface area contributed by atoms with Crippen LogP contribution in [0.25, 0.3) is 0 Å². The molecule has 2 unspecified atom stereocenters. The number of likely N-dealkylation sites (N-methyl/N-ethyl adjacent to an activating group) is 1. The van der Waals surface area contributed by atoms with Gasteiger partial charge >= 0.3 is 5.97 Å². The van der Waals surface area contributed by atoms with E-state index in [0.717, 1.165) is 0 Å². The Labute approximate surface area is 109 Å². The standard InChI is InChI=1S/C15H23NO2/c1-6-14(15(17)18)16(5)12(4)13-8-7-10(2)11(3)9-13/h7-9,12,14H,6H2,1-5H3,(H,17,18). The number of hydrogen-bond acceptors (Lipinski definition) is 2. The Kier molecular flexibility index (Phi) is 4.91. The maximum Gasteiger partial charge on any atom is 0.320 e. The summed E-state index contributed by atoms with van der Waals surface area (Å²) in [6.07, 6.45) is 0.612. The first kappa shape index (κ1) is 14.7. The first-order valence-corrected chi connectivity index (χ1v) is 6.40. The van der Waals surface area contributed by atoms with Crippen LogP contribution in [-0.4, -0.2) is 29.1 Å². The molecule has 0 aliphatic rings. The maximum absolute atomic E-state index is 11.2. The number of aryl methyl sites for hydroxylation is 2. The fourth-order valence-electron chi connectivity index (χ4n) is 2.17. The summed E-state index contributed by atoms with van der Waals surface area (Å²) in [5.74, 6) is -0.754. The highest BCUT2D eigenvalue weighted by Gasteiger charge is 2.25. The van der Waals surface area contributed by atoms with Crippen LogP contribution >= 0.6 is 0 Å². The zero-order valence-corrected chi connectivity index (χ0v) is 11.9. The lowest BCUT2D eigenvalue weighted by atomic mass is 10.00. The van der Waals surface area contributed by atoms with E-state index in [-0.39, 0.29) is 6.04 Å². The van der Waals surface area contributed by atoms with Crippen LogP contribution in [-0.2, 0) is 4.79 Å². The van der Waals surface area contributed by atoms with E-state index in [1.54, 1.807) is 0 Å². The first-order valence-electron chi connectivity index (χ1n) is 6.40. The Bertz CT molecular complexity index is 429. The van der Waals surface area contributed by atoms with Crippen molar-refractivity contribution in [2.24, 2.45) is 0 Å². The van der Waals surface area contributed by atoms with E-state index in [0.29, 0.717) is 6.42 Å². The highest BCUT2D eigenvalue weighted by Crippen LogP contribution is 2.24. The molecule has 0 amide bonds. The van der Waals surface area contributed by atoms with E-state index in [2.05, 4.69) is 39.0 Å². The predicted molar refractivity (Wildman–Crippen MR) is 73.8 cm³/mol. The van der Waals surface area contributed by atoms with Gasteiger partial charge in [0.2, 0.25) is 0 Å². The summed E-state index contributed by atoms with van der Waals surface area (Å²) >= 11 is 0. The maximum atomic E-state index is 11.2. The molecule has 0 spiro atoms. The molecular formula is C15H23NO2. The first-order chi connectivity index (χ1) is 8.38. The summed E-state index contributed by atoms with van der Waals surface area (Å²) < 4.78 is 0. The van der Waals surface area contributed by atoms with Crippen molar-refractivity contribution >= 4 is 5.97 Å². The lowest BCUT2D eigenvalue weighted by Crippen LogP contribution is -2.39. The Morgan fingerprint density at radius 2 is 1.94 bits per heavy atom. The Morgan fingerprint density at radius 1 is 1.33 bits per heavy atom. The minimum Gasteiger partial charge on any atom is -0.480 e. The zero-order valence-electron chi connectivity index (χ0n) is 11.9. The van der Waals surface area contributed by atoms with Crippen molar-refractivity contribution in [1.82, 2.24) is 4.90 Å². The van der Waals surface area contributed by atoms with Crippen LogP contribution < -0.4 is 0 Å². The molecule has 1 N–H and O–H groups in total. The van der Waals surface area contributed by atoms with Crippen molar-refractivity contribution in [3.05, 3.63) is 34.9 Å². The highest BCUT2D eigenvalue weighted by atomic mass is 16.4. The van der Waals surface area contributed by atoms with E-state index < -0.39 is 12.0 Å². The highest BCUT2D eigenvalue weighted by molar-refractivity contribution is 5.73. The third-order valence-corrected chi connectivity index (χ3v) is 3.79. The molecule has 0 saturated heterocycles. The number of benzene rings is 1. The third kappa shape index (κ3) is 3.10. The van der Waals surface area contributed by atoms with Crippen LogP contribution in [0.5, 0.6) is 0 Å². The number of rotatable bonds is 5. The Morgan fingerprint density at radius 3 is 2.39 bits per heavy atom. The smallest absolute Gasteiger partial charge is 0.320 e. The molecule has 0 radical (unpaired) electrons. The van der Waals surface area contributed by atoms with Crippen LogP contribution in [0.15, 0.2) is 18.2 Å². The summed E-state index contributed by atoms with van der Waals surface area (Å²) in [4.78, 5) is 13.1. The zero-order chi connectivity index (χ0) is 13.9. The SMILES string of the molecule is CCC(C(=O)O)N(C)C(C)c1ccc(C)c(C)c1. The molecule has 3 heteroatoms. The molecule has 1 rings (SSSR count). The summed E-state index contributed by atoms with van der Waals surface area (Å²) in [7, 11) is 1.88.